The van der Waals surface area contributed by atoms with Gasteiger partial charge in [-0.3, -0.25) is 0 Å². The van der Waals surface area contributed by atoms with Gasteiger partial charge in [-0.2, -0.15) is 0 Å². The van der Waals surface area contributed by atoms with Crippen LogP contribution in [-0.4, -0.2) is 56.4 Å². The molecule has 7 heteroatoms. The first-order chi connectivity index (χ1) is 9.25. The highest BCUT2D eigenvalue weighted by Gasteiger charge is 2.24. The first kappa shape index (κ1) is 19.6. The van der Waals surface area contributed by atoms with Crippen LogP contribution in [0.3, 0.4) is 0 Å². The molecule has 1 unspecified atom stereocenters. The highest BCUT2D eigenvalue weighted by atomic mass is 28.4. The van der Waals surface area contributed by atoms with E-state index in [0.29, 0.717) is 12.1 Å². The Kier molecular flexibility index (Phi) is 9.36. The lowest BCUT2D eigenvalue weighted by Crippen LogP contribution is -2.37. The van der Waals surface area contributed by atoms with Gasteiger partial charge in [-0.05, 0) is 38.0 Å². The Morgan fingerprint density at radius 3 is 2.20 bits per heavy atom. The fourth-order valence-electron chi connectivity index (χ4n) is 2.04. The third kappa shape index (κ3) is 8.03. The van der Waals surface area contributed by atoms with Gasteiger partial charge in [0, 0.05) is 27.8 Å². The van der Waals surface area contributed by atoms with Gasteiger partial charge in [-0.15, -0.1) is 0 Å². The van der Waals surface area contributed by atoms with E-state index in [1.54, 1.807) is 26.2 Å². The second-order valence-electron chi connectivity index (χ2n) is 6.05. The molecule has 0 spiro atoms. The minimum atomic E-state index is -1.80. The Morgan fingerprint density at radius 2 is 1.80 bits per heavy atom. The van der Waals surface area contributed by atoms with Crippen LogP contribution in [0.5, 0.6) is 0 Å². The Balaban J connectivity index is 4.12. The molecule has 0 saturated carbocycles. The van der Waals surface area contributed by atoms with Gasteiger partial charge in [0.05, 0.1) is 0 Å². The van der Waals surface area contributed by atoms with E-state index >= 15 is 0 Å². The van der Waals surface area contributed by atoms with Gasteiger partial charge in [0.25, 0.3) is 0 Å². The zero-order valence-electron chi connectivity index (χ0n) is 14.1. The van der Waals surface area contributed by atoms with E-state index in [1.807, 2.05) is 19.6 Å². The molecule has 1 amide bonds. The summed E-state index contributed by atoms with van der Waals surface area (Å²) in [6.07, 6.45) is 2.83. The predicted octanol–water partition coefficient (Wildman–Crippen LogP) is 2.96. The topological polar surface area (TPSA) is 48.0 Å². The monoisotopic (exact) mass is 321 g/mol. The summed E-state index contributed by atoms with van der Waals surface area (Å²) in [5, 5.41) is 0. The molecule has 0 fully saturated rings. The number of carbonyl (C=O) groups is 1. The first-order valence-corrected chi connectivity index (χ1v) is 12.3. The van der Waals surface area contributed by atoms with Crippen LogP contribution in [0.15, 0.2) is 0 Å². The average molecular weight is 322 g/mol. The van der Waals surface area contributed by atoms with E-state index in [2.05, 4.69) is 6.92 Å². The maximum absolute atomic E-state index is 11.8. The van der Waals surface area contributed by atoms with Gasteiger partial charge >= 0.3 is 15.4 Å². The SMILES string of the molecule is CCC(CCCN(C)C(=O)O[Si](C)(C)C)[SiH](OC)OC. The van der Waals surface area contributed by atoms with Crippen molar-refractivity contribution in [3.8, 4) is 0 Å². The van der Waals surface area contributed by atoms with Crippen molar-refractivity contribution in [3.05, 3.63) is 0 Å². The Labute approximate surface area is 126 Å². The summed E-state index contributed by atoms with van der Waals surface area (Å²) >= 11 is 0. The molecular weight excluding hydrogens is 290 g/mol. The maximum Gasteiger partial charge on any atom is 0.395 e. The average Bonchev–Trinajstić information content (AvgIpc) is 2.35. The molecule has 0 bridgehead atoms. The van der Waals surface area contributed by atoms with E-state index in [1.165, 1.54) is 0 Å². The minimum Gasteiger partial charge on any atom is -0.504 e. The third-order valence-corrected chi connectivity index (χ3v) is 6.44. The van der Waals surface area contributed by atoms with Crippen LogP contribution < -0.4 is 0 Å². The predicted molar refractivity (Wildman–Crippen MR) is 86.9 cm³/mol. The summed E-state index contributed by atoms with van der Waals surface area (Å²) in [7, 11) is 1.88. The molecule has 0 aromatic carbocycles. The zero-order chi connectivity index (χ0) is 15.8. The molecule has 1 atom stereocenters. The summed E-state index contributed by atoms with van der Waals surface area (Å²) in [4.78, 5) is 13.5. The molecule has 0 aromatic rings. The second kappa shape index (κ2) is 9.54. The van der Waals surface area contributed by atoms with Crippen LogP contribution in [0.4, 0.5) is 4.79 Å². The van der Waals surface area contributed by atoms with Crippen molar-refractivity contribution in [2.45, 2.75) is 51.4 Å². The van der Waals surface area contributed by atoms with Crippen molar-refractivity contribution in [1.29, 1.82) is 0 Å². The number of nitrogens with zero attached hydrogens (tertiary/aromatic N) is 1. The fourth-order valence-corrected chi connectivity index (χ4v) is 4.57. The molecule has 0 saturated heterocycles. The molecule has 0 heterocycles. The van der Waals surface area contributed by atoms with Crippen LogP contribution >= 0.6 is 0 Å². The Hall–Kier alpha value is -0.376. The van der Waals surface area contributed by atoms with Gasteiger partial charge < -0.3 is 18.2 Å². The first-order valence-electron chi connectivity index (χ1n) is 7.24. The van der Waals surface area contributed by atoms with Crippen LogP contribution in [0, 0.1) is 0 Å². The summed E-state index contributed by atoms with van der Waals surface area (Å²) < 4.78 is 16.3. The largest absolute Gasteiger partial charge is 0.504 e. The number of hydrogen-bond donors (Lipinski definition) is 0. The van der Waals surface area contributed by atoms with Crippen LogP contribution in [0.2, 0.25) is 25.2 Å². The Morgan fingerprint density at radius 1 is 1.25 bits per heavy atom. The molecule has 120 valence electrons. The van der Waals surface area contributed by atoms with Crippen molar-refractivity contribution in [1.82, 2.24) is 4.90 Å². The molecule has 5 nitrogen and oxygen atoms in total. The molecule has 0 rings (SSSR count). The second-order valence-corrected chi connectivity index (χ2v) is 13.1. The lowest BCUT2D eigenvalue weighted by molar-refractivity contribution is 0.160. The fraction of sp³-hybridized carbons (Fsp3) is 0.923. The number of rotatable bonds is 9. The van der Waals surface area contributed by atoms with Crippen molar-refractivity contribution in [2.75, 3.05) is 27.8 Å². The van der Waals surface area contributed by atoms with Crippen LogP contribution in [0.1, 0.15) is 26.2 Å². The maximum atomic E-state index is 11.8. The molecule has 0 aliphatic carbocycles. The molecule has 20 heavy (non-hydrogen) atoms. The van der Waals surface area contributed by atoms with Crippen molar-refractivity contribution >= 4 is 23.7 Å². The standard InChI is InChI=1S/C13H31NO4Si2/c1-8-12(19(16-3)17-4)10-9-11-14(2)13(15)18-20(5,6)7/h12,19H,8-11H2,1-7H3. The van der Waals surface area contributed by atoms with Gasteiger partial charge in [0.15, 0.2) is 0 Å². The number of hydrogen-bond acceptors (Lipinski definition) is 4. The third-order valence-electron chi connectivity index (χ3n) is 3.15. The van der Waals surface area contributed by atoms with Crippen LogP contribution in [-0.2, 0) is 13.3 Å². The summed E-state index contributed by atoms with van der Waals surface area (Å²) in [6.45, 7) is 8.91. The van der Waals surface area contributed by atoms with Crippen LogP contribution in [0.25, 0.3) is 0 Å². The van der Waals surface area contributed by atoms with E-state index in [0.717, 1.165) is 19.3 Å². The quantitative estimate of drug-likeness (QED) is 0.613. The smallest absolute Gasteiger partial charge is 0.395 e. The van der Waals surface area contributed by atoms with Crippen molar-refractivity contribution < 1.29 is 18.1 Å². The number of carbonyl (C=O) groups excluding carboxylic acids is 1. The van der Waals surface area contributed by atoms with Gasteiger partial charge in [0.2, 0.25) is 8.32 Å². The molecule has 0 N–H and O–H groups in total. The van der Waals surface area contributed by atoms with Gasteiger partial charge in [-0.1, -0.05) is 13.3 Å². The zero-order valence-corrected chi connectivity index (χ0v) is 16.2. The van der Waals surface area contributed by atoms with E-state index in [4.69, 9.17) is 13.3 Å². The lowest BCUT2D eigenvalue weighted by Gasteiger charge is -2.25. The summed E-state index contributed by atoms with van der Waals surface area (Å²) in [5.41, 5.74) is 0.492. The Bertz CT molecular complexity index is 280. The highest BCUT2D eigenvalue weighted by Crippen LogP contribution is 2.22. The summed E-state index contributed by atoms with van der Waals surface area (Å²) in [5.74, 6) is 0. The summed E-state index contributed by atoms with van der Waals surface area (Å²) in [6, 6.07) is 0. The molecular formula is C13H31NO4Si2. The molecule has 0 radical (unpaired) electrons. The van der Waals surface area contributed by atoms with E-state index in [9.17, 15) is 4.79 Å². The highest BCUT2D eigenvalue weighted by molar-refractivity contribution is 6.71. The number of amides is 1. The van der Waals surface area contributed by atoms with Crippen molar-refractivity contribution in [2.24, 2.45) is 0 Å². The van der Waals surface area contributed by atoms with Gasteiger partial charge in [0.1, 0.15) is 0 Å². The molecule has 0 aromatic heterocycles. The molecule has 0 aliphatic heterocycles. The normalized spacial score (nSPS) is 13.4. The minimum absolute atomic E-state index is 0.204. The van der Waals surface area contributed by atoms with Gasteiger partial charge in [-0.25, -0.2) is 4.79 Å². The molecule has 0 aliphatic rings. The van der Waals surface area contributed by atoms with E-state index in [-0.39, 0.29) is 6.09 Å². The van der Waals surface area contributed by atoms with E-state index < -0.39 is 17.6 Å². The van der Waals surface area contributed by atoms with Crippen molar-refractivity contribution in [3.63, 3.8) is 0 Å². The lowest BCUT2D eigenvalue weighted by atomic mass is 10.2.